The van der Waals surface area contributed by atoms with Crippen molar-refractivity contribution in [3.63, 3.8) is 0 Å². The van der Waals surface area contributed by atoms with Gasteiger partial charge in [0, 0.05) is 31.9 Å². The Labute approximate surface area is 182 Å². The van der Waals surface area contributed by atoms with Gasteiger partial charge in [-0.2, -0.15) is 0 Å². The molecule has 0 unspecified atom stereocenters. The lowest BCUT2D eigenvalue weighted by Gasteiger charge is -2.26. The van der Waals surface area contributed by atoms with E-state index in [0.29, 0.717) is 38.1 Å². The van der Waals surface area contributed by atoms with Crippen molar-refractivity contribution in [3.8, 4) is 5.75 Å². The van der Waals surface area contributed by atoms with Gasteiger partial charge >= 0.3 is 0 Å². The molecule has 6 nitrogen and oxygen atoms in total. The minimum atomic E-state index is -1.09. The average Bonchev–Trinajstić information content (AvgIpc) is 2.78. The molecule has 2 N–H and O–H groups in total. The fraction of sp³-hybridized carbons (Fsp3) is 0.500. The molecule has 0 fully saturated rings. The van der Waals surface area contributed by atoms with Crippen molar-refractivity contribution in [3.05, 3.63) is 59.7 Å². The summed E-state index contributed by atoms with van der Waals surface area (Å²) in [4.78, 5) is 18.6. The summed E-state index contributed by atoms with van der Waals surface area (Å²) < 4.78 is 19.3. The van der Waals surface area contributed by atoms with Crippen LogP contribution in [0.15, 0.2) is 42.7 Å². The third-order valence-electron chi connectivity index (χ3n) is 5.65. The lowest BCUT2D eigenvalue weighted by molar-refractivity contribution is -0.131. The van der Waals surface area contributed by atoms with E-state index in [1.165, 1.54) is 12.1 Å². The number of aliphatic hydroxyl groups excluding tert-OH is 2. The summed E-state index contributed by atoms with van der Waals surface area (Å²) in [5, 5.41) is 20.6. The molecule has 1 amide bonds. The van der Waals surface area contributed by atoms with E-state index in [4.69, 9.17) is 4.74 Å². The number of benzene rings is 1. The van der Waals surface area contributed by atoms with E-state index in [0.717, 1.165) is 30.4 Å². The first-order valence-electron chi connectivity index (χ1n) is 11.0. The molecule has 0 spiro atoms. The minimum absolute atomic E-state index is 0.0290. The van der Waals surface area contributed by atoms with Crippen molar-refractivity contribution in [1.29, 1.82) is 0 Å². The number of pyridine rings is 1. The monoisotopic (exact) mass is 430 g/mol. The normalized spacial score (nSPS) is 20.9. The van der Waals surface area contributed by atoms with E-state index in [2.05, 4.69) is 4.98 Å². The van der Waals surface area contributed by atoms with Crippen molar-refractivity contribution in [2.24, 2.45) is 0 Å². The van der Waals surface area contributed by atoms with Crippen LogP contribution in [0.5, 0.6) is 5.75 Å². The molecule has 2 atom stereocenters. The number of aromatic nitrogens is 1. The summed E-state index contributed by atoms with van der Waals surface area (Å²) in [6, 6.07) is 8.16. The highest BCUT2D eigenvalue weighted by Gasteiger charge is 2.21. The van der Waals surface area contributed by atoms with Crippen LogP contribution in [0.25, 0.3) is 0 Å². The Balaban J connectivity index is 1.62. The van der Waals surface area contributed by atoms with Crippen LogP contribution in [0.4, 0.5) is 4.39 Å². The summed E-state index contributed by atoms with van der Waals surface area (Å²) in [5.74, 6) is 0.243. The zero-order valence-corrected chi connectivity index (χ0v) is 17.8. The van der Waals surface area contributed by atoms with Gasteiger partial charge in [0.15, 0.2) is 0 Å². The highest BCUT2D eigenvalue weighted by atomic mass is 19.1. The number of amides is 1. The second kappa shape index (κ2) is 11.8. The largest absolute Gasteiger partial charge is 0.491 e. The van der Waals surface area contributed by atoms with E-state index in [9.17, 15) is 19.4 Å². The molecule has 0 aliphatic carbocycles. The zero-order valence-electron chi connectivity index (χ0n) is 17.8. The summed E-state index contributed by atoms with van der Waals surface area (Å²) in [5.41, 5.74) is 1.76. The molecule has 168 valence electrons. The van der Waals surface area contributed by atoms with E-state index < -0.39 is 12.2 Å². The summed E-state index contributed by atoms with van der Waals surface area (Å²) in [6.45, 7) is 0.891. The zero-order chi connectivity index (χ0) is 22.1. The lowest BCUT2D eigenvalue weighted by Crippen LogP contribution is -2.38. The van der Waals surface area contributed by atoms with Crippen molar-refractivity contribution in [1.82, 2.24) is 9.88 Å². The average molecular weight is 431 g/mol. The van der Waals surface area contributed by atoms with Crippen LogP contribution in [0, 0.1) is 5.82 Å². The third-order valence-corrected chi connectivity index (χ3v) is 5.65. The van der Waals surface area contributed by atoms with E-state index in [-0.39, 0.29) is 24.8 Å². The number of aryl methyl sites for hydroxylation is 2. The summed E-state index contributed by atoms with van der Waals surface area (Å²) >= 11 is 0. The Morgan fingerprint density at radius 2 is 2.03 bits per heavy atom. The fourth-order valence-electron chi connectivity index (χ4n) is 3.76. The first kappa shape index (κ1) is 23.2. The number of carbonyl (C=O) groups excluding carboxylic acids is 1. The molecule has 0 radical (unpaired) electrons. The number of fused-ring (bicyclic) bond motifs is 1. The van der Waals surface area contributed by atoms with Crippen LogP contribution >= 0.6 is 0 Å². The smallest absolute Gasteiger partial charge is 0.222 e. The quantitative estimate of drug-likeness (QED) is 0.783. The summed E-state index contributed by atoms with van der Waals surface area (Å²) in [6.07, 6.45) is 5.84. The number of nitrogens with zero attached hydrogens (tertiary/aromatic N) is 2. The molecule has 2 aromatic rings. The van der Waals surface area contributed by atoms with E-state index in [1.807, 2.05) is 12.1 Å². The molecule has 1 aliphatic rings. The van der Waals surface area contributed by atoms with Crippen molar-refractivity contribution in [2.45, 2.75) is 57.2 Å². The number of hydrogen-bond acceptors (Lipinski definition) is 5. The molecule has 1 aromatic carbocycles. The SMILES string of the molecule is O=C(CCc1cccnc1)N1CCCCCc2cc(F)ccc2OC[C@@H](O)[C@@H](O)CC1. The molecule has 0 bridgehead atoms. The number of carbonyl (C=O) groups is 1. The topological polar surface area (TPSA) is 82.9 Å². The molecule has 7 heteroatoms. The van der Waals surface area contributed by atoms with Gasteiger partial charge in [-0.3, -0.25) is 9.78 Å². The molecule has 1 aliphatic heterocycles. The maximum absolute atomic E-state index is 13.7. The van der Waals surface area contributed by atoms with E-state index >= 15 is 0 Å². The van der Waals surface area contributed by atoms with Crippen LogP contribution in [-0.4, -0.2) is 57.9 Å². The second-order valence-electron chi connectivity index (χ2n) is 8.04. The van der Waals surface area contributed by atoms with Crippen molar-refractivity contribution >= 4 is 5.91 Å². The Bertz CT molecular complexity index is 834. The number of aliphatic hydroxyl groups is 2. The predicted molar refractivity (Wildman–Crippen MR) is 115 cm³/mol. The Hall–Kier alpha value is -2.51. The molecule has 0 saturated heterocycles. The van der Waals surface area contributed by atoms with Crippen molar-refractivity contribution < 1.29 is 24.1 Å². The number of rotatable bonds is 3. The first-order chi connectivity index (χ1) is 15.0. The fourth-order valence-corrected chi connectivity index (χ4v) is 3.76. The lowest BCUT2D eigenvalue weighted by atomic mass is 10.0. The molecule has 2 heterocycles. The van der Waals surface area contributed by atoms with Gasteiger partial charge in [0.05, 0.1) is 6.10 Å². The Morgan fingerprint density at radius 1 is 1.16 bits per heavy atom. The van der Waals surface area contributed by atoms with Crippen LogP contribution in [-0.2, 0) is 17.6 Å². The van der Waals surface area contributed by atoms with Gasteiger partial charge in [-0.25, -0.2) is 4.39 Å². The molecular weight excluding hydrogens is 399 g/mol. The van der Waals surface area contributed by atoms with Gasteiger partial charge < -0.3 is 19.8 Å². The maximum atomic E-state index is 13.7. The van der Waals surface area contributed by atoms with Gasteiger partial charge in [0.25, 0.3) is 0 Å². The highest BCUT2D eigenvalue weighted by molar-refractivity contribution is 5.76. The highest BCUT2D eigenvalue weighted by Crippen LogP contribution is 2.23. The first-order valence-corrected chi connectivity index (χ1v) is 11.0. The van der Waals surface area contributed by atoms with Crippen molar-refractivity contribution in [2.75, 3.05) is 19.7 Å². The van der Waals surface area contributed by atoms with Crippen LogP contribution in [0.3, 0.4) is 0 Å². The predicted octanol–water partition coefficient (Wildman–Crippen LogP) is 2.90. The van der Waals surface area contributed by atoms with Gasteiger partial charge in [-0.05, 0) is 67.5 Å². The van der Waals surface area contributed by atoms with Crippen LogP contribution in [0.1, 0.15) is 43.2 Å². The van der Waals surface area contributed by atoms with Gasteiger partial charge in [-0.15, -0.1) is 0 Å². The second-order valence-corrected chi connectivity index (χ2v) is 8.04. The standard InChI is InChI=1S/C24H31FN2O4/c25-20-8-9-23-19(15-20)6-2-1-3-13-27(14-11-21(28)22(29)17-31-23)24(30)10-7-18-5-4-12-26-16-18/h4-5,8-9,12,15-16,21-22,28-29H,1-3,6-7,10-11,13-14,17H2/t21-,22+/m0/s1. The molecule has 31 heavy (non-hydrogen) atoms. The van der Waals surface area contributed by atoms with Crippen LogP contribution < -0.4 is 4.74 Å². The Kier molecular flexibility index (Phi) is 8.79. The molecule has 1 aromatic heterocycles. The Morgan fingerprint density at radius 3 is 2.84 bits per heavy atom. The number of hydrogen-bond donors (Lipinski definition) is 2. The molecule has 0 saturated carbocycles. The van der Waals surface area contributed by atoms with E-state index in [1.54, 1.807) is 23.4 Å². The summed E-state index contributed by atoms with van der Waals surface area (Å²) in [7, 11) is 0. The maximum Gasteiger partial charge on any atom is 0.222 e. The van der Waals surface area contributed by atoms with Gasteiger partial charge in [0.1, 0.15) is 24.3 Å². The minimum Gasteiger partial charge on any atom is -0.491 e. The number of halogens is 1. The molecular formula is C24H31FN2O4. The third kappa shape index (κ3) is 7.29. The molecule has 3 rings (SSSR count). The number of ether oxygens (including phenoxy) is 1. The van der Waals surface area contributed by atoms with Gasteiger partial charge in [0.2, 0.25) is 5.91 Å². The van der Waals surface area contributed by atoms with Gasteiger partial charge in [-0.1, -0.05) is 12.5 Å². The van der Waals surface area contributed by atoms with Crippen LogP contribution in [0.2, 0.25) is 0 Å².